The van der Waals surface area contributed by atoms with Crippen molar-refractivity contribution >= 4 is 5.97 Å². The fourth-order valence-corrected chi connectivity index (χ4v) is 4.96. The van der Waals surface area contributed by atoms with Crippen molar-refractivity contribution in [2.24, 2.45) is 0 Å². The second-order valence-electron chi connectivity index (χ2n) is 11.9. The summed E-state index contributed by atoms with van der Waals surface area (Å²) in [4.78, 5) is 13.9. The first-order valence-electron chi connectivity index (χ1n) is 14.5. The van der Waals surface area contributed by atoms with E-state index in [0.29, 0.717) is 19.6 Å². The second-order valence-corrected chi connectivity index (χ2v) is 11.9. The van der Waals surface area contributed by atoms with Gasteiger partial charge in [-0.05, 0) is 67.7 Å². The van der Waals surface area contributed by atoms with Crippen LogP contribution in [0.15, 0.2) is 72.8 Å². The highest BCUT2D eigenvalue weighted by Gasteiger charge is 2.25. The molecule has 0 saturated carbocycles. The van der Waals surface area contributed by atoms with Crippen LogP contribution in [0.1, 0.15) is 43.9 Å². The van der Waals surface area contributed by atoms with Crippen molar-refractivity contribution in [2.75, 3.05) is 34.4 Å². The Hall–Kier alpha value is -4.10. The number of carboxylic acid groups (broad SMARTS) is 1. The Morgan fingerprint density at radius 3 is 2.40 bits per heavy atom. The molecule has 0 aliphatic rings. The van der Waals surface area contributed by atoms with Gasteiger partial charge in [-0.2, -0.15) is 5.10 Å². The summed E-state index contributed by atoms with van der Waals surface area (Å²) in [6, 6.07) is 24.5. The first-order valence-corrected chi connectivity index (χ1v) is 14.5. The molecule has 0 amide bonds. The first-order chi connectivity index (χ1) is 20.1. The minimum Gasteiger partial charge on any atom is -0.497 e. The lowest BCUT2D eigenvalue weighted by molar-refractivity contribution is -0.136. The van der Waals surface area contributed by atoms with Gasteiger partial charge in [-0.25, -0.2) is 0 Å². The molecule has 222 valence electrons. The predicted octanol–water partition coefficient (Wildman–Crippen LogP) is 6.72. The van der Waals surface area contributed by atoms with Gasteiger partial charge in [-0.1, -0.05) is 69.3 Å². The molecule has 7 heteroatoms. The minimum atomic E-state index is -0.847. The molecule has 0 bridgehead atoms. The number of rotatable bonds is 13. The SMILES string of the molecule is COc1cccc(-c2c(CCC(=O)O)c(-c3ccc(C(C)(C)C)cc3OCCN(C)C)nn2CCc2ccccc2)c1. The van der Waals surface area contributed by atoms with Gasteiger partial charge in [0.1, 0.15) is 18.1 Å². The van der Waals surface area contributed by atoms with Gasteiger partial charge in [0.2, 0.25) is 0 Å². The van der Waals surface area contributed by atoms with Crippen molar-refractivity contribution in [3.63, 3.8) is 0 Å². The molecule has 0 unspecified atom stereocenters. The van der Waals surface area contributed by atoms with Crippen molar-refractivity contribution in [1.82, 2.24) is 14.7 Å². The van der Waals surface area contributed by atoms with E-state index in [2.05, 4.69) is 56.0 Å². The Morgan fingerprint density at radius 2 is 1.74 bits per heavy atom. The fraction of sp³-hybridized carbons (Fsp3) is 0.371. The molecule has 3 aromatic carbocycles. The largest absolute Gasteiger partial charge is 0.497 e. The summed E-state index contributed by atoms with van der Waals surface area (Å²) in [6.45, 7) is 8.48. The van der Waals surface area contributed by atoms with Crippen LogP contribution in [0.5, 0.6) is 11.5 Å². The normalized spacial score (nSPS) is 11.6. The number of carboxylic acids is 1. The summed E-state index contributed by atoms with van der Waals surface area (Å²) >= 11 is 0. The van der Waals surface area contributed by atoms with Crippen molar-refractivity contribution < 1.29 is 19.4 Å². The number of aliphatic carboxylic acids is 1. The summed E-state index contributed by atoms with van der Waals surface area (Å²) in [5, 5.41) is 14.9. The van der Waals surface area contributed by atoms with E-state index < -0.39 is 5.97 Å². The average Bonchev–Trinajstić information content (AvgIpc) is 3.33. The summed E-state index contributed by atoms with van der Waals surface area (Å²) < 4.78 is 14.0. The van der Waals surface area contributed by atoms with E-state index in [-0.39, 0.29) is 11.8 Å². The summed E-state index contributed by atoms with van der Waals surface area (Å²) in [5.41, 5.74) is 6.65. The highest BCUT2D eigenvalue weighted by Crippen LogP contribution is 2.40. The topological polar surface area (TPSA) is 76.8 Å². The van der Waals surface area contributed by atoms with E-state index in [1.54, 1.807) is 7.11 Å². The van der Waals surface area contributed by atoms with E-state index in [9.17, 15) is 9.90 Å². The summed E-state index contributed by atoms with van der Waals surface area (Å²) in [6.07, 6.45) is 1.11. The zero-order chi connectivity index (χ0) is 30.3. The Kier molecular flexibility index (Phi) is 10.1. The molecule has 0 fully saturated rings. The second kappa shape index (κ2) is 13.7. The molecule has 4 rings (SSSR count). The van der Waals surface area contributed by atoms with Crippen molar-refractivity contribution in [3.05, 3.63) is 89.5 Å². The van der Waals surface area contributed by atoms with Crippen LogP contribution in [0.25, 0.3) is 22.5 Å². The lowest BCUT2D eigenvalue weighted by Crippen LogP contribution is -2.20. The van der Waals surface area contributed by atoms with Gasteiger partial charge in [0.05, 0.1) is 18.5 Å². The predicted molar refractivity (Wildman–Crippen MR) is 169 cm³/mol. The van der Waals surface area contributed by atoms with Crippen LogP contribution in [0.4, 0.5) is 0 Å². The maximum atomic E-state index is 11.8. The Balaban J connectivity index is 1.92. The number of methoxy groups -OCH3 is 1. The molecule has 4 aromatic rings. The summed E-state index contributed by atoms with van der Waals surface area (Å²) in [7, 11) is 5.69. The van der Waals surface area contributed by atoms with Crippen molar-refractivity contribution in [3.8, 4) is 34.0 Å². The van der Waals surface area contributed by atoms with E-state index in [0.717, 1.165) is 58.1 Å². The number of hydrogen-bond donors (Lipinski definition) is 1. The fourth-order valence-electron chi connectivity index (χ4n) is 4.96. The maximum absolute atomic E-state index is 11.8. The number of carbonyl (C=O) groups is 1. The molecule has 0 spiro atoms. The van der Waals surface area contributed by atoms with E-state index in [1.165, 1.54) is 5.56 Å². The van der Waals surface area contributed by atoms with Gasteiger partial charge in [0.15, 0.2) is 0 Å². The van der Waals surface area contributed by atoms with Crippen LogP contribution in [0.2, 0.25) is 0 Å². The van der Waals surface area contributed by atoms with Crippen LogP contribution in [-0.4, -0.2) is 60.1 Å². The average molecular weight is 570 g/mol. The molecule has 0 atom stereocenters. The Morgan fingerprint density at radius 1 is 0.976 bits per heavy atom. The highest BCUT2D eigenvalue weighted by atomic mass is 16.5. The third-order valence-corrected chi connectivity index (χ3v) is 7.34. The van der Waals surface area contributed by atoms with Crippen LogP contribution in [0.3, 0.4) is 0 Å². The van der Waals surface area contributed by atoms with Crippen molar-refractivity contribution in [1.29, 1.82) is 0 Å². The van der Waals surface area contributed by atoms with E-state index >= 15 is 0 Å². The van der Waals surface area contributed by atoms with Crippen LogP contribution in [0, 0.1) is 0 Å². The quantitative estimate of drug-likeness (QED) is 0.193. The van der Waals surface area contributed by atoms with Crippen LogP contribution in [-0.2, 0) is 29.6 Å². The molecule has 7 nitrogen and oxygen atoms in total. The van der Waals surface area contributed by atoms with E-state index in [4.69, 9.17) is 14.6 Å². The molecule has 1 N–H and O–H groups in total. The molecule has 0 saturated heterocycles. The van der Waals surface area contributed by atoms with E-state index in [1.807, 2.05) is 61.2 Å². The van der Waals surface area contributed by atoms with Gasteiger partial charge in [0, 0.05) is 36.2 Å². The standard InChI is InChI=1S/C35H43N3O4/c1-35(2,3)27-15-16-29(31(24-27)42-22-21-37(4)5)33-30(17-18-32(39)40)34(26-13-10-14-28(23-26)41-6)38(36-33)20-19-25-11-8-7-9-12-25/h7-16,23-24H,17-22H2,1-6H3,(H,39,40). The number of hydrogen-bond acceptors (Lipinski definition) is 5. The number of aromatic nitrogens is 2. The number of aryl methyl sites for hydroxylation is 2. The third kappa shape index (κ3) is 7.79. The monoisotopic (exact) mass is 569 g/mol. The lowest BCUT2D eigenvalue weighted by atomic mass is 9.85. The smallest absolute Gasteiger partial charge is 0.303 e. The minimum absolute atomic E-state index is 0.00869. The molecule has 1 aromatic heterocycles. The molecular weight excluding hydrogens is 526 g/mol. The summed E-state index contributed by atoms with van der Waals surface area (Å²) in [5.74, 6) is 0.641. The Labute approximate surface area is 249 Å². The van der Waals surface area contributed by atoms with Crippen molar-refractivity contribution in [2.45, 2.75) is 52.0 Å². The van der Waals surface area contributed by atoms with Crippen LogP contribution >= 0.6 is 0 Å². The third-order valence-electron chi connectivity index (χ3n) is 7.34. The molecule has 1 heterocycles. The maximum Gasteiger partial charge on any atom is 0.303 e. The molecule has 0 aliphatic carbocycles. The Bertz CT molecular complexity index is 1490. The number of likely N-dealkylation sites (N-methyl/N-ethyl adjacent to an activating group) is 1. The molecule has 0 radical (unpaired) electrons. The van der Waals surface area contributed by atoms with Gasteiger partial charge in [-0.3, -0.25) is 9.48 Å². The van der Waals surface area contributed by atoms with Crippen LogP contribution < -0.4 is 9.47 Å². The van der Waals surface area contributed by atoms with Gasteiger partial charge in [-0.15, -0.1) is 0 Å². The molecule has 42 heavy (non-hydrogen) atoms. The number of benzene rings is 3. The zero-order valence-electron chi connectivity index (χ0n) is 25.7. The van der Waals surface area contributed by atoms with Gasteiger partial charge in [0.25, 0.3) is 0 Å². The highest BCUT2D eigenvalue weighted by molar-refractivity contribution is 5.79. The molecular formula is C35H43N3O4. The molecule has 0 aliphatic heterocycles. The first kappa shape index (κ1) is 30.8. The van der Waals surface area contributed by atoms with Gasteiger partial charge >= 0.3 is 5.97 Å². The number of nitrogens with zero attached hydrogens (tertiary/aromatic N) is 3. The van der Waals surface area contributed by atoms with Gasteiger partial charge < -0.3 is 19.5 Å². The lowest BCUT2D eigenvalue weighted by Gasteiger charge is -2.22. The number of ether oxygens (including phenoxy) is 2. The zero-order valence-corrected chi connectivity index (χ0v) is 25.7.